The molecule has 0 unspecified atom stereocenters. The van der Waals surface area contributed by atoms with E-state index in [1.165, 1.54) is 5.56 Å². The Balaban J connectivity index is 1.96. The minimum absolute atomic E-state index is 1.01. The maximum atomic E-state index is 4.37. The van der Waals surface area contributed by atoms with Crippen LogP contribution in [0.1, 0.15) is 12.5 Å². The van der Waals surface area contributed by atoms with E-state index in [0.29, 0.717) is 0 Å². The van der Waals surface area contributed by atoms with Gasteiger partial charge in [-0.15, -0.1) is 0 Å². The zero-order chi connectivity index (χ0) is 13.1. The molecule has 1 N–H and O–H groups in total. The zero-order valence-corrected chi connectivity index (χ0v) is 10.9. The minimum Gasteiger partial charge on any atom is -0.355 e. The molecule has 0 aliphatic carbocycles. The fraction of sp³-hybridized carbons (Fsp3) is 0.118. The van der Waals surface area contributed by atoms with Crippen molar-refractivity contribution in [1.82, 2.24) is 4.98 Å². The Kier molecular flexibility index (Phi) is 3.15. The molecule has 2 nitrogen and oxygen atoms in total. The molecule has 0 aliphatic heterocycles. The number of aryl methyl sites for hydroxylation is 1. The average molecular weight is 248 g/mol. The molecule has 0 fully saturated rings. The van der Waals surface area contributed by atoms with Crippen molar-refractivity contribution >= 4 is 22.3 Å². The van der Waals surface area contributed by atoms with Gasteiger partial charge in [0.25, 0.3) is 0 Å². The van der Waals surface area contributed by atoms with Crippen LogP contribution in [-0.2, 0) is 6.42 Å². The first-order valence-electron chi connectivity index (χ1n) is 6.56. The third-order valence-electron chi connectivity index (χ3n) is 3.29. The van der Waals surface area contributed by atoms with E-state index in [1.54, 1.807) is 0 Å². The van der Waals surface area contributed by atoms with E-state index in [0.717, 1.165) is 28.7 Å². The predicted molar refractivity (Wildman–Crippen MR) is 80.8 cm³/mol. The van der Waals surface area contributed by atoms with Gasteiger partial charge in [-0.1, -0.05) is 37.3 Å². The molecule has 0 aliphatic rings. The van der Waals surface area contributed by atoms with Crippen LogP contribution in [0, 0.1) is 0 Å². The molecule has 1 heterocycles. The molecule has 3 aromatic rings. The average Bonchev–Trinajstić information content (AvgIpc) is 2.48. The van der Waals surface area contributed by atoms with Gasteiger partial charge >= 0.3 is 0 Å². The first kappa shape index (κ1) is 11.7. The number of hydrogen-bond donors (Lipinski definition) is 1. The largest absolute Gasteiger partial charge is 0.355 e. The second-order valence-corrected chi connectivity index (χ2v) is 4.55. The summed E-state index contributed by atoms with van der Waals surface area (Å²) in [5.41, 5.74) is 4.56. The molecule has 1 aromatic heterocycles. The molecule has 0 spiro atoms. The molecule has 0 atom stereocenters. The van der Waals surface area contributed by atoms with Gasteiger partial charge < -0.3 is 5.32 Å². The lowest BCUT2D eigenvalue weighted by atomic mass is 10.1. The van der Waals surface area contributed by atoms with E-state index in [1.807, 2.05) is 30.5 Å². The lowest BCUT2D eigenvalue weighted by Crippen LogP contribution is -1.92. The van der Waals surface area contributed by atoms with Crippen LogP contribution >= 0.6 is 0 Å². The lowest BCUT2D eigenvalue weighted by molar-refractivity contribution is 1.14. The second kappa shape index (κ2) is 5.11. The summed E-state index contributed by atoms with van der Waals surface area (Å²) < 4.78 is 0. The molecule has 94 valence electrons. The van der Waals surface area contributed by atoms with Gasteiger partial charge in [-0.3, -0.25) is 4.98 Å². The number of para-hydroxylation sites is 1. The van der Waals surface area contributed by atoms with E-state index < -0.39 is 0 Å². The highest BCUT2D eigenvalue weighted by molar-refractivity contribution is 5.92. The van der Waals surface area contributed by atoms with Gasteiger partial charge in [0.05, 0.1) is 5.52 Å². The first-order valence-corrected chi connectivity index (χ1v) is 6.56. The molecule has 2 heteroatoms. The van der Waals surface area contributed by atoms with Gasteiger partial charge in [0.2, 0.25) is 0 Å². The van der Waals surface area contributed by atoms with E-state index in [9.17, 15) is 0 Å². The molecular weight excluding hydrogens is 232 g/mol. The van der Waals surface area contributed by atoms with Gasteiger partial charge in [-0.05, 0) is 36.2 Å². The van der Waals surface area contributed by atoms with Crippen LogP contribution < -0.4 is 5.32 Å². The number of nitrogens with one attached hydrogen (secondary N) is 1. The number of benzene rings is 2. The SMILES string of the molecule is CCc1ccc(Nc2ccnc3ccccc23)cc1. The van der Waals surface area contributed by atoms with Crippen molar-refractivity contribution in [2.75, 3.05) is 5.32 Å². The Morgan fingerprint density at radius 1 is 0.947 bits per heavy atom. The van der Waals surface area contributed by atoms with Crippen LogP contribution in [-0.4, -0.2) is 4.98 Å². The second-order valence-electron chi connectivity index (χ2n) is 4.55. The summed E-state index contributed by atoms with van der Waals surface area (Å²) in [5, 5.41) is 4.60. The maximum absolute atomic E-state index is 4.37. The first-order chi connectivity index (χ1) is 9.36. The Bertz CT molecular complexity index is 682. The van der Waals surface area contributed by atoms with Crippen LogP contribution in [0.25, 0.3) is 10.9 Å². The fourth-order valence-electron chi connectivity index (χ4n) is 2.18. The number of nitrogens with zero attached hydrogens (tertiary/aromatic N) is 1. The molecule has 2 aromatic carbocycles. The maximum Gasteiger partial charge on any atom is 0.0722 e. The Hall–Kier alpha value is -2.35. The van der Waals surface area contributed by atoms with Gasteiger partial charge in [0, 0.05) is 23.0 Å². The molecular formula is C17H16N2. The van der Waals surface area contributed by atoms with E-state index >= 15 is 0 Å². The Morgan fingerprint density at radius 2 is 1.74 bits per heavy atom. The standard InChI is InChI=1S/C17H16N2/c1-2-13-7-9-14(10-8-13)19-17-11-12-18-16-6-4-3-5-15(16)17/h3-12H,2H2,1H3,(H,18,19). The summed E-state index contributed by atoms with van der Waals surface area (Å²) in [7, 11) is 0. The number of fused-ring (bicyclic) bond motifs is 1. The van der Waals surface area contributed by atoms with Crippen molar-refractivity contribution in [2.24, 2.45) is 0 Å². The third kappa shape index (κ3) is 2.43. The van der Waals surface area contributed by atoms with Crippen molar-refractivity contribution in [3.63, 3.8) is 0 Å². The summed E-state index contributed by atoms with van der Waals surface area (Å²) in [6.07, 6.45) is 2.91. The highest BCUT2D eigenvalue weighted by Crippen LogP contribution is 2.24. The van der Waals surface area contributed by atoms with Crippen molar-refractivity contribution < 1.29 is 0 Å². The van der Waals surface area contributed by atoms with Crippen molar-refractivity contribution in [3.8, 4) is 0 Å². The number of hydrogen-bond acceptors (Lipinski definition) is 2. The number of anilines is 2. The summed E-state index contributed by atoms with van der Waals surface area (Å²) >= 11 is 0. The van der Waals surface area contributed by atoms with Crippen LogP contribution in [0.15, 0.2) is 60.8 Å². The monoisotopic (exact) mass is 248 g/mol. The van der Waals surface area contributed by atoms with Gasteiger partial charge in [0.1, 0.15) is 0 Å². The van der Waals surface area contributed by atoms with Gasteiger partial charge in [-0.2, -0.15) is 0 Å². The number of pyridine rings is 1. The minimum atomic E-state index is 1.01. The fourth-order valence-corrected chi connectivity index (χ4v) is 2.18. The van der Waals surface area contributed by atoms with E-state index in [4.69, 9.17) is 0 Å². The van der Waals surface area contributed by atoms with Crippen LogP contribution in [0.4, 0.5) is 11.4 Å². The van der Waals surface area contributed by atoms with Crippen LogP contribution in [0.5, 0.6) is 0 Å². The smallest absolute Gasteiger partial charge is 0.0722 e. The molecule has 3 rings (SSSR count). The van der Waals surface area contributed by atoms with Gasteiger partial charge in [0.15, 0.2) is 0 Å². The van der Waals surface area contributed by atoms with Crippen LogP contribution in [0.2, 0.25) is 0 Å². The highest BCUT2D eigenvalue weighted by atomic mass is 14.9. The predicted octanol–water partition coefficient (Wildman–Crippen LogP) is 4.54. The summed E-state index contributed by atoms with van der Waals surface area (Å²) in [5.74, 6) is 0. The number of aromatic nitrogens is 1. The molecule has 0 radical (unpaired) electrons. The van der Waals surface area contributed by atoms with Crippen molar-refractivity contribution in [1.29, 1.82) is 0 Å². The van der Waals surface area contributed by atoms with E-state index in [-0.39, 0.29) is 0 Å². The molecule has 0 saturated heterocycles. The van der Waals surface area contributed by atoms with Crippen molar-refractivity contribution in [3.05, 3.63) is 66.4 Å². The molecule has 19 heavy (non-hydrogen) atoms. The topological polar surface area (TPSA) is 24.9 Å². The highest BCUT2D eigenvalue weighted by Gasteiger charge is 2.01. The lowest BCUT2D eigenvalue weighted by Gasteiger charge is -2.09. The van der Waals surface area contributed by atoms with Crippen molar-refractivity contribution in [2.45, 2.75) is 13.3 Å². The quantitative estimate of drug-likeness (QED) is 0.736. The normalized spacial score (nSPS) is 10.6. The summed E-state index contributed by atoms with van der Waals surface area (Å²) in [6.45, 7) is 2.17. The van der Waals surface area contributed by atoms with Crippen LogP contribution in [0.3, 0.4) is 0 Å². The zero-order valence-electron chi connectivity index (χ0n) is 10.9. The van der Waals surface area contributed by atoms with Gasteiger partial charge in [-0.25, -0.2) is 0 Å². The van der Waals surface area contributed by atoms with E-state index in [2.05, 4.69) is 47.6 Å². The molecule has 0 amide bonds. The molecule has 0 saturated carbocycles. The third-order valence-corrected chi connectivity index (χ3v) is 3.29. The Morgan fingerprint density at radius 3 is 2.53 bits per heavy atom. The Labute approximate surface area is 113 Å². The molecule has 0 bridgehead atoms. The summed E-state index contributed by atoms with van der Waals surface area (Å²) in [4.78, 5) is 4.37. The summed E-state index contributed by atoms with van der Waals surface area (Å²) in [6, 6.07) is 18.7. The number of rotatable bonds is 3.